The highest BCUT2D eigenvalue weighted by Crippen LogP contribution is 2.17. The SMILES string of the molecule is NC(=O)C(=O)C(Cc1ccccc1)NC(=O)c1nccn1Cc1ccc2ccccc2c1. The number of nitrogens with one attached hydrogen (secondary N) is 1. The van der Waals surface area contributed by atoms with Crippen molar-refractivity contribution >= 4 is 28.4 Å². The van der Waals surface area contributed by atoms with Gasteiger partial charge in [-0.1, -0.05) is 66.7 Å². The summed E-state index contributed by atoms with van der Waals surface area (Å²) in [5.74, 6) is -2.35. The van der Waals surface area contributed by atoms with Gasteiger partial charge in [-0.05, 0) is 28.0 Å². The van der Waals surface area contributed by atoms with E-state index in [-0.39, 0.29) is 12.2 Å². The Morgan fingerprint density at radius 3 is 2.38 bits per heavy atom. The van der Waals surface area contributed by atoms with Gasteiger partial charge < -0.3 is 15.6 Å². The first kappa shape index (κ1) is 21.0. The molecule has 1 aromatic heterocycles. The third-order valence-corrected chi connectivity index (χ3v) is 5.23. The Balaban J connectivity index is 1.54. The second-order valence-corrected chi connectivity index (χ2v) is 7.50. The molecular formula is C25H22N4O3. The van der Waals surface area contributed by atoms with Crippen molar-refractivity contribution in [1.29, 1.82) is 0 Å². The lowest BCUT2D eigenvalue weighted by Gasteiger charge is -2.17. The zero-order valence-electron chi connectivity index (χ0n) is 17.3. The summed E-state index contributed by atoms with van der Waals surface area (Å²) < 4.78 is 1.70. The maximum Gasteiger partial charge on any atom is 0.287 e. The molecular weight excluding hydrogens is 404 g/mol. The van der Waals surface area contributed by atoms with Gasteiger partial charge in [0.25, 0.3) is 11.8 Å². The van der Waals surface area contributed by atoms with Crippen molar-refractivity contribution in [3.8, 4) is 0 Å². The van der Waals surface area contributed by atoms with E-state index in [0.29, 0.717) is 6.54 Å². The fourth-order valence-electron chi connectivity index (χ4n) is 3.63. The minimum Gasteiger partial charge on any atom is -0.363 e. The Morgan fingerprint density at radius 1 is 0.906 bits per heavy atom. The Morgan fingerprint density at radius 2 is 1.62 bits per heavy atom. The Kier molecular flexibility index (Phi) is 6.07. The number of carbonyl (C=O) groups is 3. The molecule has 0 spiro atoms. The molecule has 7 heteroatoms. The number of Topliss-reactive ketones (excluding diaryl/α,β-unsaturated/α-hetero) is 1. The van der Waals surface area contributed by atoms with E-state index < -0.39 is 23.6 Å². The number of ketones is 1. The Labute approximate surface area is 184 Å². The number of fused-ring (bicyclic) bond motifs is 1. The fraction of sp³-hybridized carbons (Fsp3) is 0.120. The number of carbonyl (C=O) groups excluding carboxylic acids is 3. The van der Waals surface area contributed by atoms with Gasteiger partial charge in [-0.15, -0.1) is 0 Å². The minimum absolute atomic E-state index is 0.147. The molecule has 1 heterocycles. The second-order valence-electron chi connectivity index (χ2n) is 7.50. The summed E-state index contributed by atoms with van der Waals surface area (Å²) in [7, 11) is 0. The number of benzene rings is 3. The Hall–Kier alpha value is -4.26. The topological polar surface area (TPSA) is 107 Å². The number of primary amides is 1. The van der Waals surface area contributed by atoms with Gasteiger partial charge in [-0.2, -0.15) is 0 Å². The van der Waals surface area contributed by atoms with Crippen LogP contribution in [0.4, 0.5) is 0 Å². The van der Waals surface area contributed by atoms with Crippen LogP contribution in [0.2, 0.25) is 0 Å². The maximum absolute atomic E-state index is 13.0. The summed E-state index contributed by atoms with van der Waals surface area (Å²) in [6.45, 7) is 0.431. The van der Waals surface area contributed by atoms with E-state index in [0.717, 1.165) is 21.9 Å². The molecule has 1 atom stereocenters. The first-order chi connectivity index (χ1) is 15.5. The molecule has 160 valence electrons. The van der Waals surface area contributed by atoms with E-state index in [4.69, 9.17) is 5.73 Å². The quantitative estimate of drug-likeness (QED) is 0.422. The van der Waals surface area contributed by atoms with Crippen LogP contribution < -0.4 is 11.1 Å². The van der Waals surface area contributed by atoms with Crippen molar-refractivity contribution in [1.82, 2.24) is 14.9 Å². The van der Waals surface area contributed by atoms with Crippen molar-refractivity contribution in [3.05, 3.63) is 102 Å². The standard InChI is InChI=1S/C25H22N4O3/c26-23(31)22(30)21(15-17-6-2-1-3-7-17)28-25(32)24-27-12-13-29(24)16-18-10-11-19-8-4-5-9-20(19)14-18/h1-14,21H,15-16H2,(H2,26,31)(H,28,32). The van der Waals surface area contributed by atoms with Gasteiger partial charge in [0.05, 0.1) is 0 Å². The number of hydrogen-bond acceptors (Lipinski definition) is 4. The van der Waals surface area contributed by atoms with Crippen LogP contribution >= 0.6 is 0 Å². The predicted molar refractivity (Wildman–Crippen MR) is 121 cm³/mol. The van der Waals surface area contributed by atoms with Crippen molar-refractivity contribution in [3.63, 3.8) is 0 Å². The Bertz CT molecular complexity index is 1280. The molecule has 0 aliphatic rings. The molecule has 0 bridgehead atoms. The number of amides is 2. The van der Waals surface area contributed by atoms with Crippen molar-refractivity contribution < 1.29 is 14.4 Å². The average Bonchev–Trinajstić information content (AvgIpc) is 3.27. The normalized spacial score (nSPS) is 11.8. The molecule has 0 saturated carbocycles. The van der Waals surface area contributed by atoms with Crippen LogP contribution in [0.25, 0.3) is 10.8 Å². The fourth-order valence-corrected chi connectivity index (χ4v) is 3.63. The average molecular weight is 426 g/mol. The van der Waals surface area contributed by atoms with Gasteiger partial charge in [-0.3, -0.25) is 14.4 Å². The molecule has 0 aliphatic carbocycles. The lowest BCUT2D eigenvalue weighted by Crippen LogP contribution is -2.47. The monoisotopic (exact) mass is 426 g/mol. The molecule has 0 saturated heterocycles. The summed E-state index contributed by atoms with van der Waals surface area (Å²) >= 11 is 0. The molecule has 3 N–H and O–H groups in total. The molecule has 2 amide bonds. The summed E-state index contributed by atoms with van der Waals surface area (Å²) in [6, 6.07) is 22.2. The zero-order chi connectivity index (χ0) is 22.5. The van der Waals surface area contributed by atoms with Crippen LogP contribution in [0.1, 0.15) is 21.7 Å². The van der Waals surface area contributed by atoms with Crippen LogP contribution in [0.3, 0.4) is 0 Å². The number of imidazole rings is 1. The van der Waals surface area contributed by atoms with Crippen molar-refractivity contribution in [2.75, 3.05) is 0 Å². The van der Waals surface area contributed by atoms with Crippen LogP contribution in [0.5, 0.6) is 0 Å². The molecule has 3 aromatic carbocycles. The molecule has 1 unspecified atom stereocenters. The minimum atomic E-state index is -1.09. The number of hydrogen-bond donors (Lipinski definition) is 2. The van der Waals surface area contributed by atoms with Crippen LogP contribution in [0.15, 0.2) is 85.2 Å². The first-order valence-corrected chi connectivity index (χ1v) is 10.2. The lowest BCUT2D eigenvalue weighted by molar-refractivity contribution is -0.137. The van der Waals surface area contributed by atoms with Gasteiger partial charge in [0, 0.05) is 25.4 Å². The van der Waals surface area contributed by atoms with E-state index in [1.807, 2.05) is 66.7 Å². The summed E-state index contributed by atoms with van der Waals surface area (Å²) in [5, 5.41) is 4.87. The smallest absolute Gasteiger partial charge is 0.287 e. The highest BCUT2D eigenvalue weighted by atomic mass is 16.2. The molecule has 0 fully saturated rings. The lowest BCUT2D eigenvalue weighted by atomic mass is 10.0. The number of aromatic nitrogens is 2. The van der Waals surface area contributed by atoms with E-state index in [1.54, 1.807) is 10.8 Å². The first-order valence-electron chi connectivity index (χ1n) is 10.2. The molecule has 4 rings (SSSR count). The van der Waals surface area contributed by atoms with Crippen molar-refractivity contribution in [2.45, 2.75) is 19.0 Å². The highest BCUT2D eigenvalue weighted by Gasteiger charge is 2.27. The van der Waals surface area contributed by atoms with E-state index in [1.165, 1.54) is 6.20 Å². The third kappa shape index (κ3) is 4.73. The van der Waals surface area contributed by atoms with Crippen molar-refractivity contribution in [2.24, 2.45) is 5.73 Å². The molecule has 7 nitrogen and oxygen atoms in total. The van der Waals surface area contributed by atoms with Gasteiger partial charge in [0.1, 0.15) is 6.04 Å². The van der Waals surface area contributed by atoms with E-state index in [2.05, 4.69) is 16.4 Å². The molecule has 4 aromatic rings. The predicted octanol–water partition coefficient (Wildman–Crippen LogP) is 2.48. The summed E-state index contributed by atoms with van der Waals surface area (Å²) in [6.07, 6.45) is 3.38. The largest absolute Gasteiger partial charge is 0.363 e. The summed E-state index contributed by atoms with van der Waals surface area (Å²) in [5.41, 5.74) is 7.00. The highest BCUT2D eigenvalue weighted by molar-refractivity contribution is 6.38. The van der Waals surface area contributed by atoms with Gasteiger partial charge in [0.2, 0.25) is 5.78 Å². The van der Waals surface area contributed by atoms with Crippen LogP contribution in [-0.2, 0) is 22.6 Å². The van der Waals surface area contributed by atoms with E-state index >= 15 is 0 Å². The number of nitrogens with zero attached hydrogens (tertiary/aromatic N) is 2. The van der Waals surface area contributed by atoms with Crippen LogP contribution in [0, 0.1) is 0 Å². The number of nitrogens with two attached hydrogens (primary N) is 1. The molecule has 32 heavy (non-hydrogen) atoms. The summed E-state index contributed by atoms with van der Waals surface area (Å²) in [4.78, 5) is 41.0. The van der Waals surface area contributed by atoms with Gasteiger partial charge >= 0.3 is 0 Å². The van der Waals surface area contributed by atoms with Crippen LogP contribution in [-0.4, -0.2) is 33.2 Å². The maximum atomic E-state index is 13.0. The van der Waals surface area contributed by atoms with Gasteiger partial charge in [0.15, 0.2) is 5.82 Å². The zero-order valence-corrected chi connectivity index (χ0v) is 17.3. The molecule has 0 radical (unpaired) electrons. The van der Waals surface area contributed by atoms with Gasteiger partial charge in [-0.25, -0.2) is 4.98 Å². The van der Waals surface area contributed by atoms with E-state index in [9.17, 15) is 14.4 Å². The third-order valence-electron chi connectivity index (χ3n) is 5.23. The number of rotatable bonds is 8. The molecule has 0 aliphatic heterocycles. The second kappa shape index (κ2) is 9.26.